The Morgan fingerprint density at radius 2 is 1.91 bits per heavy atom. The lowest BCUT2D eigenvalue weighted by molar-refractivity contribution is -0.0642. The van der Waals surface area contributed by atoms with Crippen molar-refractivity contribution in [2.24, 2.45) is 17.4 Å². The molecular formula is C7H12F2N2. The average molecular weight is 162 g/mol. The zero-order valence-corrected chi connectivity index (χ0v) is 6.40. The van der Waals surface area contributed by atoms with Crippen molar-refractivity contribution in [2.75, 3.05) is 0 Å². The Labute approximate surface area is 63.9 Å². The third-order valence-electron chi connectivity index (χ3n) is 3.24. The van der Waals surface area contributed by atoms with E-state index in [-0.39, 0.29) is 6.42 Å². The van der Waals surface area contributed by atoms with Crippen LogP contribution in [0.15, 0.2) is 0 Å². The zero-order chi connectivity index (χ0) is 8.49. The molecule has 0 heterocycles. The van der Waals surface area contributed by atoms with Gasteiger partial charge in [0.05, 0.1) is 0 Å². The predicted octanol–water partition coefficient (Wildman–Crippen LogP) is 0.460. The molecule has 4 heteroatoms. The first-order valence-corrected chi connectivity index (χ1v) is 3.79. The minimum Gasteiger partial charge on any atom is -0.323 e. The Bertz CT molecular complexity index is 216. The number of hydrogen-bond donors (Lipinski definition) is 2. The maximum Gasteiger partial charge on any atom is 0.270 e. The molecule has 11 heavy (non-hydrogen) atoms. The Balaban J connectivity index is 2.37. The topological polar surface area (TPSA) is 52.0 Å². The maximum atomic E-state index is 13.2. The zero-order valence-electron chi connectivity index (χ0n) is 6.40. The smallest absolute Gasteiger partial charge is 0.270 e. The van der Waals surface area contributed by atoms with E-state index >= 15 is 0 Å². The monoisotopic (exact) mass is 162 g/mol. The first kappa shape index (κ1) is 7.43. The summed E-state index contributed by atoms with van der Waals surface area (Å²) in [5.74, 6) is -3.42. The Morgan fingerprint density at radius 1 is 1.36 bits per heavy atom. The Kier molecular flexibility index (Phi) is 0.981. The van der Waals surface area contributed by atoms with Crippen molar-refractivity contribution in [2.45, 2.75) is 36.8 Å². The number of nitrogens with two attached hydrogens (primary N) is 2. The molecule has 0 aromatic heterocycles. The molecule has 2 nitrogen and oxygen atoms in total. The highest BCUT2D eigenvalue weighted by Crippen LogP contribution is 2.65. The van der Waals surface area contributed by atoms with Gasteiger partial charge in [-0.15, -0.1) is 0 Å². The summed E-state index contributed by atoms with van der Waals surface area (Å²) in [4.78, 5) is 0. The molecule has 0 aromatic carbocycles. The van der Waals surface area contributed by atoms with Crippen LogP contribution in [-0.2, 0) is 0 Å². The number of alkyl halides is 2. The van der Waals surface area contributed by atoms with E-state index in [1.54, 1.807) is 0 Å². The van der Waals surface area contributed by atoms with Crippen LogP contribution in [0, 0.1) is 5.92 Å². The van der Waals surface area contributed by atoms with Crippen LogP contribution in [0.25, 0.3) is 0 Å². The number of hydrogen-bond acceptors (Lipinski definition) is 2. The van der Waals surface area contributed by atoms with Crippen LogP contribution in [0.5, 0.6) is 0 Å². The summed E-state index contributed by atoms with van der Waals surface area (Å²) in [6.45, 7) is 1.51. The predicted molar refractivity (Wildman–Crippen MR) is 37.2 cm³/mol. The normalized spacial score (nSPS) is 59.2. The quantitative estimate of drug-likeness (QED) is 0.543. The van der Waals surface area contributed by atoms with Crippen molar-refractivity contribution >= 4 is 0 Å². The lowest BCUT2D eigenvalue weighted by Crippen LogP contribution is -2.48. The van der Waals surface area contributed by atoms with Crippen molar-refractivity contribution in [1.82, 2.24) is 0 Å². The fourth-order valence-corrected chi connectivity index (χ4v) is 2.27. The van der Waals surface area contributed by atoms with Crippen LogP contribution in [0.3, 0.4) is 0 Å². The summed E-state index contributed by atoms with van der Waals surface area (Å²) in [6, 6.07) is 0. The van der Waals surface area contributed by atoms with E-state index in [1.165, 1.54) is 6.92 Å². The number of fused-ring (bicyclic) bond motifs is 1. The van der Waals surface area contributed by atoms with Crippen molar-refractivity contribution in [3.63, 3.8) is 0 Å². The third-order valence-corrected chi connectivity index (χ3v) is 3.24. The Morgan fingerprint density at radius 3 is 2.09 bits per heavy atom. The van der Waals surface area contributed by atoms with E-state index in [2.05, 4.69) is 0 Å². The highest BCUT2D eigenvalue weighted by Gasteiger charge is 2.81. The first-order valence-electron chi connectivity index (χ1n) is 3.79. The van der Waals surface area contributed by atoms with E-state index in [0.717, 1.165) is 0 Å². The van der Waals surface area contributed by atoms with Gasteiger partial charge in [0.1, 0.15) is 5.54 Å². The van der Waals surface area contributed by atoms with Gasteiger partial charge in [-0.25, -0.2) is 8.78 Å². The summed E-state index contributed by atoms with van der Waals surface area (Å²) >= 11 is 0. The molecule has 2 fully saturated rings. The van der Waals surface area contributed by atoms with Crippen LogP contribution in [0.2, 0.25) is 0 Å². The van der Waals surface area contributed by atoms with Gasteiger partial charge < -0.3 is 11.5 Å². The van der Waals surface area contributed by atoms with Gasteiger partial charge >= 0.3 is 0 Å². The van der Waals surface area contributed by atoms with E-state index in [0.29, 0.717) is 6.42 Å². The van der Waals surface area contributed by atoms with Crippen molar-refractivity contribution < 1.29 is 8.78 Å². The van der Waals surface area contributed by atoms with Gasteiger partial charge in [0.15, 0.2) is 0 Å². The highest BCUT2D eigenvalue weighted by atomic mass is 19.3. The molecule has 2 aliphatic carbocycles. The second-order valence-electron chi connectivity index (χ2n) is 4.03. The molecule has 3 atom stereocenters. The van der Waals surface area contributed by atoms with Crippen LogP contribution in [0.1, 0.15) is 19.8 Å². The van der Waals surface area contributed by atoms with Gasteiger partial charge in [-0.1, -0.05) is 6.92 Å². The molecule has 0 radical (unpaired) electrons. The molecule has 2 saturated carbocycles. The highest BCUT2D eigenvalue weighted by molar-refractivity contribution is 5.36. The maximum absolute atomic E-state index is 13.2. The standard InChI is InChI=1S/C7H12F2N2/c1-4-2-5(10)3-6(5,11)7(4,8)9/h4H,2-3,10-11H2,1H3. The van der Waals surface area contributed by atoms with Crippen LogP contribution >= 0.6 is 0 Å². The molecular weight excluding hydrogens is 150 g/mol. The molecule has 0 amide bonds. The van der Waals surface area contributed by atoms with E-state index in [4.69, 9.17) is 11.5 Å². The SMILES string of the molecule is CC1CC2(N)CC2(N)C1(F)F. The second-order valence-corrected chi connectivity index (χ2v) is 4.03. The molecule has 2 rings (SSSR count). The molecule has 3 unspecified atom stereocenters. The van der Waals surface area contributed by atoms with Crippen LogP contribution < -0.4 is 11.5 Å². The summed E-state index contributed by atoms with van der Waals surface area (Å²) in [5.41, 5.74) is 8.97. The lowest BCUT2D eigenvalue weighted by atomic mass is 10.00. The van der Waals surface area contributed by atoms with E-state index in [9.17, 15) is 8.78 Å². The Hall–Kier alpha value is -0.220. The van der Waals surface area contributed by atoms with Gasteiger partial charge in [0.25, 0.3) is 5.92 Å². The summed E-state index contributed by atoms with van der Waals surface area (Å²) in [6.07, 6.45) is 0.633. The minimum atomic E-state index is -2.76. The molecule has 4 N–H and O–H groups in total. The molecule has 0 spiro atoms. The van der Waals surface area contributed by atoms with Crippen molar-refractivity contribution in [3.05, 3.63) is 0 Å². The first-order chi connectivity index (χ1) is 4.83. The molecule has 0 bridgehead atoms. The fourth-order valence-electron chi connectivity index (χ4n) is 2.27. The van der Waals surface area contributed by atoms with Crippen molar-refractivity contribution in [1.29, 1.82) is 0 Å². The minimum absolute atomic E-state index is 0.275. The number of halogens is 2. The van der Waals surface area contributed by atoms with Gasteiger partial charge in [-0.2, -0.15) is 0 Å². The lowest BCUT2D eigenvalue weighted by Gasteiger charge is -2.22. The number of rotatable bonds is 0. The molecule has 64 valence electrons. The summed E-state index contributed by atoms with van der Waals surface area (Å²) in [5, 5.41) is 0. The van der Waals surface area contributed by atoms with Gasteiger partial charge in [-0.3, -0.25) is 0 Å². The van der Waals surface area contributed by atoms with E-state index < -0.39 is 22.9 Å². The fraction of sp³-hybridized carbons (Fsp3) is 1.00. The summed E-state index contributed by atoms with van der Waals surface area (Å²) < 4.78 is 26.4. The third kappa shape index (κ3) is 0.551. The average Bonchev–Trinajstić information content (AvgIpc) is 2.31. The van der Waals surface area contributed by atoms with Gasteiger partial charge in [0, 0.05) is 11.5 Å². The molecule has 0 aliphatic heterocycles. The summed E-state index contributed by atoms with van der Waals surface area (Å²) in [7, 11) is 0. The van der Waals surface area contributed by atoms with Gasteiger partial charge in [0.2, 0.25) is 0 Å². The van der Waals surface area contributed by atoms with Gasteiger partial charge in [-0.05, 0) is 12.8 Å². The molecule has 0 aromatic rings. The second kappa shape index (κ2) is 1.45. The van der Waals surface area contributed by atoms with Crippen LogP contribution in [-0.4, -0.2) is 17.0 Å². The van der Waals surface area contributed by atoms with Crippen molar-refractivity contribution in [3.8, 4) is 0 Å². The molecule has 0 saturated heterocycles. The van der Waals surface area contributed by atoms with E-state index in [1.807, 2.05) is 0 Å². The molecule has 2 aliphatic rings. The van der Waals surface area contributed by atoms with Crippen LogP contribution in [0.4, 0.5) is 8.78 Å². The largest absolute Gasteiger partial charge is 0.323 e.